The van der Waals surface area contributed by atoms with Crippen molar-refractivity contribution in [2.24, 2.45) is 7.05 Å². The maximum absolute atomic E-state index is 9.79. The van der Waals surface area contributed by atoms with Gasteiger partial charge in [-0.3, -0.25) is 0 Å². The van der Waals surface area contributed by atoms with Gasteiger partial charge in [0.25, 0.3) is 0 Å². The van der Waals surface area contributed by atoms with E-state index >= 15 is 0 Å². The van der Waals surface area contributed by atoms with Crippen LogP contribution in [0.15, 0.2) is 16.7 Å². The third kappa shape index (κ3) is 2.16. The van der Waals surface area contributed by atoms with Crippen molar-refractivity contribution >= 4 is 11.6 Å². The molecular weight excluding hydrogens is 220 g/mol. The molecule has 0 aliphatic carbocycles. The minimum atomic E-state index is -0.777. The van der Waals surface area contributed by atoms with Crippen LogP contribution >= 0.6 is 11.6 Å². The van der Waals surface area contributed by atoms with E-state index in [1.165, 1.54) is 11.1 Å². The lowest BCUT2D eigenvalue weighted by Crippen LogP contribution is -2.03. The molecule has 6 nitrogen and oxygen atoms in total. The summed E-state index contributed by atoms with van der Waals surface area (Å²) in [5, 5.41) is 21.4. The lowest BCUT2D eigenvalue weighted by atomic mass is 10.1. The van der Waals surface area contributed by atoms with E-state index in [0.717, 1.165) is 0 Å². The molecular formula is C8H9ClN4O2. The second-order valence-electron chi connectivity index (χ2n) is 3.06. The molecule has 2 heterocycles. The number of aliphatic hydroxyl groups excluding tert-OH is 1. The van der Waals surface area contributed by atoms with Crippen molar-refractivity contribution in [2.45, 2.75) is 12.5 Å². The summed E-state index contributed by atoms with van der Waals surface area (Å²) in [6, 6.07) is 1.61. The molecule has 0 saturated heterocycles. The van der Waals surface area contributed by atoms with Crippen molar-refractivity contribution in [2.75, 3.05) is 0 Å². The molecule has 1 N–H and O–H groups in total. The van der Waals surface area contributed by atoms with E-state index in [1.807, 2.05) is 0 Å². The Hall–Kier alpha value is -1.40. The van der Waals surface area contributed by atoms with Gasteiger partial charge in [-0.2, -0.15) is 4.80 Å². The zero-order valence-corrected chi connectivity index (χ0v) is 8.72. The third-order valence-corrected chi connectivity index (χ3v) is 2.24. The van der Waals surface area contributed by atoms with E-state index in [0.29, 0.717) is 11.4 Å². The molecule has 0 fully saturated rings. The van der Waals surface area contributed by atoms with Crippen molar-refractivity contribution in [3.05, 3.63) is 28.9 Å². The first-order valence-electron chi connectivity index (χ1n) is 4.30. The molecule has 0 aliphatic rings. The van der Waals surface area contributed by atoms with Crippen molar-refractivity contribution in [3.63, 3.8) is 0 Å². The molecule has 0 aliphatic heterocycles. The smallest absolute Gasteiger partial charge is 0.198 e. The molecule has 2 rings (SSSR count). The average molecular weight is 229 g/mol. The Labute approximate surface area is 90.5 Å². The summed E-state index contributed by atoms with van der Waals surface area (Å²) in [5.41, 5.74) is 0.532. The second-order valence-corrected chi connectivity index (χ2v) is 3.41. The van der Waals surface area contributed by atoms with E-state index in [2.05, 4.69) is 15.4 Å². The van der Waals surface area contributed by atoms with Gasteiger partial charge < -0.3 is 9.52 Å². The highest BCUT2D eigenvalue weighted by molar-refractivity contribution is 6.29. The van der Waals surface area contributed by atoms with Crippen LogP contribution in [0, 0.1) is 0 Å². The van der Waals surface area contributed by atoms with E-state index < -0.39 is 6.10 Å². The summed E-state index contributed by atoms with van der Waals surface area (Å²) in [7, 11) is 1.66. The van der Waals surface area contributed by atoms with Gasteiger partial charge in [0.2, 0.25) is 0 Å². The van der Waals surface area contributed by atoms with Crippen molar-refractivity contribution in [3.8, 4) is 0 Å². The maximum Gasteiger partial charge on any atom is 0.198 e. The largest absolute Gasteiger partial charge is 0.453 e. The second kappa shape index (κ2) is 4.00. The van der Waals surface area contributed by atoms with Gasteiger partial charge in [-0.25, -0.2) is 0 Å². The molecule has 0 bridgehead atoms. The highest BCUT2D eigenvalue weighted by atomic mass is 35.5. The van der Waals surface area contributed by atoms with Crippen LogP contribution in [0.25, 0.3) is 0 Å². The molecule has 0 spiro atoms. The quantitative estimate of drug-likeness (QED) is 0.838. The first-order valence-corrected chi connectivity index (χ1v) is 4.68. The van der Waals surface area contributed by atoms with Gasteiger partial charge in [0, 0.05) is 12.0 Å². The normalized spacial score (nSPS) is 13.0. The van der Waals surface area contributed by atoms with Gasteiger partial charge in [0.1, 0.15) is 0 Å². The fraction of sp³-hybridized carbons (Fsp3) is 0.375. The number of aliphatic hydroxyl groups is 1. The third-order valence-electron chi connectivity index (χ3n) is 1.93. The summed E-state index contributed by atoms with van der Waals surface area (Å²) in [4.78, 5) is 1.33. The summed E-state index contributed by atoms with van der Waals surface area (Å²) < 4.78 is 4.87. The number of halogens is 1. The fourth-order valence-corrected chi connectivity index (χ4v) is 1.47. The molecule has 80 valence electrons. The molecule has 7 heteroatoms. The Morgan fingerprint density at radius 1 is 1.67 bits per heavy atom. The summed E-state index contributed by atoms with van der Waals surface area (Å²) >= 11 is 5.72. The number of rotatable bonds is 3. The van der Waals surface area contributed by atoms with Crippen LogP contribution in [0.3, 0.4) is 0 Å². The number of aromatic nitrogens is 4. The Balaban J connectivity index is 2.10. The van der Waals surface area contributed by atoms with Gasteiger partial charge in [-0.15, -0.1) is 10.2 Å². The molecule has 1 unspecified atom stereocenters. The molecule has 0 radical (unpaired) electrons. The van der Waals surface area contributed by atoms with Crippen LogP contribution in [0.2, 0.25) is 5.22 Å². The van der Waals surface area contributed by atoms with E-state index in [1.54, 1.807) is 13.1 Å². The molecule has 0 amide bonds. The number of tetrazole rings is 1. The summed E-state index contributed by atoms with van der Waals surface area (Å²) in [6.45, 7) is 0. The zero-order valence-electron chi connectivity index (χ0n) is 7.96. The lowest BCUT2D eigenvalue weighted by molar-refractivity contribution is 0.175. The highest BCUT2D eigenvalue weighted by Crippen LogP contribution is 2.25. The Morgan fingerprint density at radius 2 is 2.47 bits per heavy atom. The molecule has 1 atom stereocenters. The van der Waals surface area contributed by atoms with Crippen LogP contribution in [0.1, 0.15) is 17.5 Å². The van der Waals surface area contributed by atoms with Crippen molar-refractivity contribution < 1.29 is 9.52 Å². The van der Waals surface area contributed by atoms with Crippen LogP contribution in [0.4, 0.5) is 0 Å². The fourth-order valence-electron chi connectivity index (χ4n) is 1.23. The van der Waals surface area contributed by atoms with E-state index in [-0.39, 0.29) is 11.6 Å². The molecule has 15 heavy (non-hydrogen) atoms. The predicted molar refractivity (Wildman–Crippen MR) is 51.2 cm³/mol. The van der Waals surface area contributed by atoms with E-state index in [4.69, 9.17) is 16.0 Å². The minimum absolute atomic E-state index is 0.186. The number of furan rings is 1. The van der Waals surface area contributed by atoms with Gasteiger partial charge >= 0.3 is 0 Å². The van der Waals surface area contributed by atoms with Crippen LogP contribution < -0.4 is 0 Å². The number of nitrogens with zero attached hydrogens (tertiary/aromatic N) is 4. The SMILES string of the molecule is Cn1nnc(CC(O)c2ccoc2Cl)n1. The average Bonchev–Trinajstić information content (AvgIpc) is 2.75. The maximum atomic E-state index is 9.79. The minimum Gasteiger partial charge on any atom is -0.453 e. The predicted octanol–water partition coefficient (Wildman–Crippen LogP) is 0.733. The Morgan fingerprint density at radius 3 is 3.00 bits per heavy atom. The lowest BCUT2D eigenvalue weighted by Gasteiger charge is -2.04. The molecule has 0 saturated carbocycles. The Kier molecular flexibility index (Phi) is 2.70. The standard InChI is InChI=1S/C8H9ClN4O2/c1-13-11-7(10-12-13)4-6(14)5-2-3-15-8(5)9/h2-3,6,14H,4H2,1H3. The van der Waals surface area contributed by atoms with Gasteiger partial charge in [0.05, 0.1) is 19.4 Å². The molecule has 0 aromatic carbocycles. The monoisotopic (exact) mass is 228 g/mol. The zero-order chi connectivity index (χ0) is 10.8. The first-order chi connectivity index (χ1) is 7.16. The Bertz CT molecular complexity index is 453. The number of hydrogen-bond donors (Lipinski definition) is 1. The van der Waals surface area contributed by atoms with Gasteiger partial charge in [-0.1, -0.05) is 0 Å². The summed E-state index contributed by atoms with van der Waals surface area (Å²) in [5.74, 6) is 0.460. The topological polar surface area (TPSA) is 77.0 Å². The first kappa shape index (κ1) is 10.1. The number of hydrogen-bond acceptors (Lipinski definition) is 5. The van der Waals surface area contributed by atoms with Gasteiger partial charge in [0.15, 0.2) is 11.0 Å². The summed E-state index contributed by atoms with van der Waals surface area (Å²) in [6.07, 6.45) is 0.901. The van der Waals surface area contributed by atoms with E-state index in [9.17, 15) is 5.11 Å². The van der Waals surface area contributed by atoms with Crippen LogP contribution in [-0.4, -0.2) is 25.3 Å². The van der Waals surface area contributed by atoms with Crippen LogP contribution in [-0.2, 0) is 13.5 Å². The molecule has 2 aromatic rings. The van der Waals surface area contributed by atoms with Crippen molar-refractivity contribution in [1.82, 2.24) is 20.2 Å². The van der Waals surface area contributed by atoms with Gasteiger partial charge in [-0.05, 0) is 22.9 Å². The molecule has 2 aromatic heterocycles. The number of aryl methyl sites for hydroxylation is 1. The van der Waals surface area contributed by atoms with Crippen molar-refractivity contribution in [1.29, 1.82) is 0 Å². The highest BCUT2D eigenvalue weighted by Gasteiger charge is 2.16. The van der Waals surface area contributed by atoms with Crippen LogP contribution in [0.5, 0.6) is 0 Å².